The Hall–Kier alpha value is -2.09. The second-order valence-electron chi connectivity index (χ2n) is 6.71. The molecule has 0 atom stereocenters. The van der Waals surface area contributed by atoms with Gasteiger partial charge in [0.05, 0.1) is 16.3 Å². The smallest absolute Gasteiger partial charge is 0.255 e. The van der Waals surface area contributed by atoms with Crippen LogP contribution in [0.3, 0.4) is 0 Å². The van der Waals surface area contributed by atoms with E-state index >= 15 is 0 Å². The fourth-order valence-corrected chi connectivity index (χ4v) is 3.83. The van der Waals surface area contributed by atoms with Crippen LogP contribution in [0.4, 0.5) is 11.4 Å². The number of amides is 1. The highest BCUT2D eigenvalue weighted by Crippen LogP contribution is 2.30. The summed E-state index contributed by atoms with van der Waals surface area (Å²) in [6, 6.07) is 11.4. The van der Waals surface area contributed by atoms with E-state index in [1.807, 2.05) is 6.07 Å². The lowest BCUT2D eigenvalue weighted by Crippen LogP contribution is -2.44. The van der Waals surface area contributed by atoms with Crippen molar-refractivity contribution in [1.82, 2.24) is 4.90 Å². The molecule has 1 N–H and O–H groups in total. The number of benzene rings is 2. The zero-order chi connectivity index (χ0) is 19.6. The third-order valence-corrected chi connectivity index (χ3v) is 5.92. The fraction of sp³-hybridized carbons (Fsp3) is 0.316. The van der Waals surface area contributed by atoms with E-state index in [0.717, 1.165) is 38.1 Å². The topological polar surface area (TPSA) is 69.7 Å². The van der Waals surface area contributed by atoms with Gasteiger partial charge in [0, 0.05) is 43.0 Å². The number of likely N-dealkylation sites (N-methyl/N-ethyl adjacent to an activating group) is 1. The average Bonchev–Trinajstić information content (AvgIpc) is 2.62. The highest BCUT2D eigenvalue weighted by molar-refractivity contribution is 7.90. The Balaban J connectivity index is 1.87. The van der Waals surface area contributed by atoms with Crippen LogP contribution in [0.25, 0.3) is 0 Å². The average molecular weight is 408 g/mol. The molecular weight excluding hydrogens is 386 g/mol. The van der Waals surface area contributed by atoms with Crippen LogP contribution in [0.1, 0.15) is 10.4 Å². The van der Waals surface area contributed by atoms with Crippen LogP contribution in [-0.2, 0) is 9.84 Å². The maximum Gasteiger partial charge on any atom is 0.255 e. The molecule has 1 aliphatic heterocycles. The summed E-state index contributed by atoms with van der Waals surface area (Å²) in [6.07, 6.45) is 1.12. The maximum absolute atomic E-state index is 12.7. The van der Waals surface area contributed by atoms with E-state index in [1.165, 1.54) is 12.1 Å². The van der Waals surface area contributed by atoms with Crippen molar-refractivity contribution in [2.75, 3.05) is 49.7 Å². The van der Waals surface area contributed by atoms with Gasteiger partial charge in [-0.25, -0.2) is 8.42 Å². The maximum atomic E-state index is 12.7. The molecule has 0 aromatic heterocycles. The molecule has 27 heavy (non-hydrogen) atoms. The van der Waals surface area contributed by atoms with Gasteiger partial charge < -0.3 is 15.1 Å². The predicted octanol–water partition coefficient (Wildman–Crippen LogP) is 2.75. The van der Waals surface area contributed by atoms with Crippen LogP contribution >= 0.6 is 11.6 Å². The van der Waals surface area contributed by atoms with Crippen molar-refractivity contribution in [1.29, 1.82) is 0 Å². The zero-order valence-electron chi connectivity index (χ0n) is 15.3. The molecule has 1 amide bonds. The molecule has 1 heterocycles. The molecule has 0 aliphatic carbocycles. The highest BCUT2D eigenvalue weighted by atomic mass is 35.5. The van der Waals surface area contributed by atoms with Gasteiger partial charge in [0.15, 0.2) is 9.84 Å². The number of anilines is 2. The number of carbonyl (C=O) groups is 1. The summed E-state index contributed by atoms with van der Waals surface area (Å²) in [5.74, 6) is -0.377. The third kappa shape index (κ3) is 4.80. The Labute approximate surface area is 164 Å². The minimum atomic E-state index is -3.38. The molecule has 1 aliphatic rings. The monoisotopic (exact) mass is 407 g/mol. The number of hydrogen-bond acceptors (Lipinski definition) is 5. The first-order chi connectivity index (χ1) is 12.7. The quantitative estimate of drug-likeness (QED) is 0.843. The summed E-state index contributed by atoms with van der Waals surface area (Å²) >= 11 is 6.14. The number of nitrogens with one attached hydrogen (secondary N) is 1. The van der Waals surface area contributed by atoms with Crippen molar-refractivity contribution < 1.29 is 13.2 Å². The number of sulfone groups is 1. The molecule has 2 aromatic rings. The van der Waals surface area contributed by atoms with E-state index in [4.69, 9.17) is 11.6 Å². The van der Waals surface area contributed by atoms with Gasteiger partial charge in [-0.15, -0.1) is 0 Å². The first kappa shape index (κ1) is 19.7. The molecule has 0 spiro atoms. The zero-order valence-corrected chi connectivity index (χ0v) is 16.8. The van der Waals surface area contributed by atoms with Crippen molar-refractivity contribution in [3.8, 4) is 0 Å². The SMILES string of the molecule is CN1CCN(c2ccc(Cl)cc2NC(=O)c2cccc(S(C)(=O)=O)c2)CC1. The number of carbonyl (C=O) groups excluding carboxylic acids is 1. The molecular formula is C19H22ClN3O3S. The molecule has 0 bridgehead atoms. The molecule has 1 fully saturated rings. The third-order valence-electron chi connectivity index (χ3n) is 4.58. The summed E-state index contributed by atoms with van der Waals surface area (Å²) in [5.41, 5.74) is 1.80. The summed E-state index contributed by atoms with van der Waals surface area (Å²) in [7, 11) is -1.30. The lowest BCUT2D eigenvalue weighted by Gasteiger charge is -2.35. The predicted molar refractivity (Wildman–Crippen MR) is 109 cm³/mol. The minimum absolute atomic E-state index is 0.112. The van der Waals surface area contributed by atoms with E-state index < -0.39 is 9.84 Å². The van der Waals surface area contributed by atoms with Crippen molar-refractivity contribution >= 4 is 38.7 Å². The molecule has 0 saturated carbocycles. The van der Waals surface area contributed by atoms with Gasteiger partial charge in [-0.05, 0) is 43.4 Å². The van der Waals surface area contributed by atoms with Gasteiger partial charge in [0.1, 0.15) is 0 Å². The van der Waals surface area contributed by atoms with Gasteiger partial charge in [-0.1, -0.05) is 17.7 Å². The molecule has 3 rings (SSSR count). The van der Waals surface area contributed by atoms with E-state index in [2.05, 4.69) is 22.2 Å². The fourth-order valence-electron chi connectivity index (χ4n) is 2.99. The van der Waals surface area contributed by atoms with Crippen molar-refractivity contribution in [3.05, 3.63) is 53.1 Å². The van der Waals surface area contributed by atoms with E-state index in [-0.39, 0.29) is 16.4 Å². The van der Waals surface area contributed by atoms with Gasteiger partial charge in [-0.3, -0.25) is 4.79 Å². The van der Waals surface area contributed by atoms with E-state index in [1.54, 1.807) is 24.3 Å². The van der Waals surface area contributed by atoms with Gasteiger partial charge in [0.25, 0.3) is 5.91 Å². The molecule has 0 radical (unpaired) electrons. The molecule has 144 valence electrons. The number of halogens is 1. The van der Waals surface area contributed by atoms with Crippen molar-refractivity contribution in [2.24, 2.45) is 0 Å². The van der Waals surface area contributed by atoms with Crippen LogP contribution in [0.2, 0.25) is 5.02 Å². The summed E-state index contributed by atoms with van der Waals surface area (Å²) in [4.78, 5) is 17.3. The lowest BCUT2D eigenvalue weighted by atomic mass is 10.1. The van der Waals surface area contributed by atoms with Gasteiger partial charge >= 0.3 is 0 Å². The number of piperazine rings is 1. The van der Waals surface area contributed by atoms with Gasteiger partial charge in [0.2, 0.25) is 0 Å². The van der Waals surface area contributed by atoms with Crippen LogP contribution in [0.15, 0.2) is 47.4 Å². The Morgan fingerprint density at radius 1 is 1.07 bits per heavy atom. The summed E-state index contributed by atoms with van der Waals surface area (Å²) < 4.78 is 23.5. The molecule has 8 heteroatoms. The molecule has 1 saturated heterocycles. The number of nitrogens with zero attached hydrogens (tertiary/aromatic N) is 2. The summed E-state index contributed by atoms with van der Waals surface area (Å²) in [5, 5.41) is 3.40. The van der Waals surface area contributed by atoms with E-state index in [9.17, 15) is 13.2 Å². The summed E-state index contributed by atoms with van der Waals surface area (Å²) in [6.45, 7) is 3.58. The van der Waals surface area contributed by atoms with Crippen LogP contribution < -0.4 is 10.2 Å². The number of rotatable bonds is 4. The minimum Gasteiger partial charge on any atom is -0.367 e. The Kier molecular flexibility index (Phi) is 5.74. The normalized spacial score (nSPS) is 15.6. The molecule has 2 aromatic carbocycles. The Morgan fingerprint density at radius 2 is 1.78 bits per heavy atom. The number of hydrogen-bond donors (Lipinski definition) is 1. The second kappa shape index (κ2) is 7.88. The Bertz CT molecular complexity index is 954. The Morgan fingerprint density at radius 3 is 2.44 bits per heavy atom. The van der Waals surface area contributed by atoms with Crippen molar-refractivity contribution in [3.63, 3.8) is 0 Å². The second-order valence-corrected chi connectivity index (χ2v) is 9.16. The molecule has 0 unspecified atom stereocenters. The standard InChI is InChI=1S/C19H22ClN3O3S/c1-22-8-10-23(11-9-22)18-7-6-15(20)13-17(18)21-19(24)14-4-3-5-16(12-14)27(2,25)26/h3-7,12-13H,8-11H2,1-2H3,(H,21,24). The van der Waals surface area contributed by atoms with Crippen LogP contribution in [0.5, 0.6) is 0 Å². The molecule has 6 nitrogen and oxygen atoms in total. The van der Waals surface area contributed by atoms with Crippen molar-refractivity contribution in [2.45, 2.75) is 4.90 Å². The van der Waals surface area contributed by atoms with Crippen LogP contribution in [-0.4, -0.2) is 58.7 Å². The largest absolute Gasteiger partial charge is 0.367 e. The first-order valence-electron chi connectivity index (χ1n) is 8.58. The van der Waals surface area contributed by atoms with Gasteiger partial charge in [-0.2, -0.15) is 0 Å². The lowest BCUT2D eigenvalue weighted by molar-refractivity contribution is 0.102. The highest BCUT2D eigenvalue weighted by Gasteiger charge is 2.19. The first-order valence-corrected chi connectivity index (χ1v) is 10.9. The van der Waals surface area contributed by atoms with Crippen LogP contribution in [0, 0.1) is 0 Å². The van der Waals surface area contributed by atoms with E-state index in [0.29, 0.717) is 10.7 Å².